The third-order valence-corrected chi connectivity index (χ3v) is 4.40. The van der Waals surface area contributed by atoms with Crippen molar-refractivity contribution < 1.29 is 13.9 Å². The molecule has 2 aromatic rings. The van der Waals surface area contributed by atoms with Crippen LogP contribution in [0.1, 0.15) is 23.6 Å². The van der Waals surface area contributed by atoms with Crippen molar-refractivity contribution >= 4 is 5.91 Å². The zero-order valence-electron chi connectivity index (χ0n) is 13.7. The van der Waals surface area contributed by atoms with E-state index >= 15 is 0 Å². The quantitative estimate of drug-likeness (QED) is 0.914. The molecule has 1 aromatic carbocycles. The number of nitrogens with zero attached hydrogens (tertiary/aromatic N) is 2. The Morgan fingerprint density at radius 2 is 2.25 bits per heavy atom. The first kappa shape index (κ1) is 16.4. The molecule has 1 amide bonds. The topological polar surface area (TPSA) is 54.5 Å². The van der Waals surface area contributed by atoms with Gasteiger partial charge in [0, 0.05) is 38.4 Å². The molecule has 126 valence electrons. The van der Waals surface area contributed by atoms with Crippen LogP contribution >= 0.6 is 0 Å². The van der Waals surface area contributed by atoms with Crippen LogP contribution < -0.4 is 10.1 Å². The Kier molecular flexibility index (Phi) is 4.76. The van der Waals surface area contributed by atoms with E-state index in [9.17, 15) is 9.18 Å². The number of hydrogen-bond acceptors (Lipinski definition) is 4. The average Bonchev–Trinajstić information content (AvgIpc) is 2.88. The van der Waals surface area contributed by atoms with Gasteiger partial charge in [-0.2, -0.15) is 0 Å². The van der Waals surface area contributed by atoms with Crippen LogP contribution in [-0.2, 0) is 11.3 Å². The molecule has 2 heterocycles. The zero-order chi connectivity index (χ0) is 17.1. The van der Waals surface area contributed by atoms with Crippen LogP contribution in [0.3, 0.4) is 0 Å². The number of aromatic nitrogens is 1. The van der Waals surface area contributed by atoms with Crippen LogP contribution in [0.2, 0.25) is 0 Å². The fourth-order valence-corrected chi connectivity index (χ4v) is 3.13. The number of carbonyl (C=O) groups excluding carboxylic acids is 1. The third-order valence-electron chi connectivity index (χ3n) is 4.40. The van der Waals surface area contributed by atoms with Crippen molar-refractivity contribution in [3.05, 3.63) is 59.7 Å². The minimum Gasteiger partial charge on any atom is -0.494 e. The molecule has 0 bridgehead atoms. The van der Waals surface area contributed by atoms with Crippen molar-refractivity contribution in [2.24, 2.45) is 0 Å². The molecular weight excluding hydrogens is 309 g/mol. The lowest BCUT2D eigenvalue weighted by Crippen LogP contribution is -2.34. The zero-order valence-corrected chi connectivity index (χ0v) is 13.7. The van der Waals surface area contributed by atoms with Crippen molar-refractivity contribution in [2.45, 2.75) is 25.0 Å². The first-order valence-corrected chi connectivity index (χ1v) is 7.81. The van der Waals surface area contributed by atoms with Crippen LogP contribution in [0, 0.1) is 5.82 Å². The summed E-state index contributed by atoms with van der Waals surface area (Å²) in [6, 6.07) is 8.58. The first-order chi connectivity index (χ1) is 11.6. The van der Waals surface area contributed by atoms with E-state index in [0.717, 1.165) is 11.1 Å². The standard InChI is InChI=1S/C18H20FN3O2/c1-22-17(23)9-15(18(22)13-4-3-7-20-11-13)21-10-12-5-6-16(24-2)14(19)8-12/h3-8,11,15,18,21H,9-10H2,1-2H3/t15-,18+/m1/s1. The monoisotopic (exact) mass is 329 g/mol. The lowest BCUT2D eigenvalue weighted by molar-refractivity contribution is -0.127. The fourth-order valence-electron chi connectivity index (χ4n) is 3.13. The van der Waals surface area contributed by atoms with Gasteiger partial charge in [0.2, 0.25) is 5.91 Å². The summed E-state index contributed by atoms with van der Waals surface area (Å²) in [5.41, 5.74) is 1.80. The Hall–Kier alpha value is -2.47. The lowest BCUT2D eigenvalue weighted by atomic mass is 10.0. The van der Waals surface area contributed by atoms with Gasteiger partial charge in [0.15, 0.2) is 11.6 Å². The van der Waals surface area contributed by atoms with Gasteiger partial charge in [-0.1, -0.05) is 12.1 Å². The van der Waals surface area contributed by atoms with Crippen LogP contribution in [0.5, 0.6) is 5.75 Å². The molecule has 3 rings (SSSR count). The largest absolute Gasteiger partial charge is 0.494 e. The normalized spacial score (nSPS) is 20.5. The Morgan fingerprint density at radius 3 is 2.92 bits per heavy atom. The van der Waals surface area contributed by atoms with Gasteiger partial charge in [-0.15, -0.1) is 0 Å². The number of amides is 1. The summed E-state index contributed by atoms with van der Waals surface area (Å²) in [7, 11) is 3.24. The second kappa shape index (κ2) is 6.97. The van der Waals surface area contributed by atoms with Gasteiger partial charge in [-0.3, -0.25) is 9.78 Å². The van der Waals surface area contributed by atoms with E-state index in [1.807, 2.05) is 18.2 Å². The van der Waals surface area contributed by atoms with Crippen molar-refractivity contribution in [1.82, 2.24) is 15.2 Å². The minimum atomic E-state index is -0.389. The Morgan fingerprint density at radius 1 is 1.42 bits per heavy atom. The van der Waals surface area contributed by atoms with Crippen LogP contribution in [0.15, 0.2) is 42.7 Å². The van der Waals surface area contributed by atoms with Gasteiger partial charge >= 0.3 is 0 Å². The number of likely N-dealkylation sites (tertiary alicyclic amines) is 1. The molecule has 0 spiro atoms. The molecule has 1 aliphatic heterocycles. The molecule has 1 aliphatic rings. The number of likely N-dealkylation sites (N-methyl/N-ethyl adjacent to an activating group) is 1. The molecule has 24 heavy (non-hydrogen) atoms. The van der Waals surface area contributed by atoms with E-state index in [4.69, 9.17) is 4.74 Å². The molecule has 0 aliphatic carbocycles. The molecule has 0 radical (unpaired) electrons. The van der Waals surface area contributed by atoms with E-state index in [1.54, 1.807) is 30.4 Å². The molecule has 1 aromatic heterocycles. The Bertz CT molecular complexity index is 723. The first-order valence-electron chi connectivity index (χ1n) is 7.81. The molecule has 1 N–H and O–H groups in total. The maximum atomic E-state index is 13.8. The third kappa shape index (κ3) is 3.23. The summed E-state index contributed by atoms with van der Waals surface area (Å²) < 4.78 is 18.7. The van der Waals surface area contributed by atoms with Crippen molar-refractivity contribution in [1.29, 1.82) is 0 Å². The number of carbonyl (C=O) groups is 1. The van der Waals surface area contributed by atoms with E-state index in [-0.39, 0.29) is 29.6 Å². The number of methoxy groups -OCH3 is 1. The summed E-state index contributed by atoms with van der Waals surface area (Å²) in [6.07, 6.45) is 3.90. The van der Waals surface area contributed by atoms with E-state index < -0.39 is 0 Å². The molecule has 0 unspecified atom stereocenters. The Labute approximate surface area is 140 Å². The highest BCUT2D eigenvalue weighted by Crippen LogP contribution is 2.31. The summed E-state index contributed by atoms with van der Waals surface area (Å²) in [4.78, 5) is 18.0. The van der Waals surface area contributed by atoms with Gasteiger partial charge < -0.3 is 15.0 Å². The van der Waals surface area contributed by atoms with Gasteiger partial charge in [-0.25, -0.2) is 4.39 Å². The maximum Gasteiger partial charge on any atom is 0.224 e. The van der Waals surface area contributed by atoms with Crippen molar-refractivity contribution in [3.63, 3.8) is 0 Å². The second-order valence-electron chi connectivity index (χ2n) is 5.90. The summed E-state index contributed by atoms with van der Waals surface area (Å²) in [5, 5.41) is 3.37. The van der Waals surface area contributed by atoms with Crippen LogP contribution in [-0.4, -0.2) is 36.0 Å². The second-order valence-corrected chi connectivity index (χ2v) is 5.90. The summed E-state index contributed by atoms with van der Waals surface area (Å²) >= 11 is 0. The van der Waals surface area contributed by atoms with Gasteiger partial charge in [0.05, 0.1) is 13.2 Å². The molecule has 0 saturated carbocycles. The predicted molar refractivity (Wildman–Crippen MR) is 87.9 cm³/mol. The summed E-state index contributed by atoms with van der Waals surface area (Å²) in [5.74, 6) is -0.0785. The highest BCUT2D eigenvalue weighted by Gasteiger charge is 2.38. The summed E-state index contributed by atoms with van der Waals surface area (Å²) in [6.45, 7) is 0.476. The lowest BCUT2D eigenvalue weighted by Gasteiger charge is -2.25. The number of halogens is 1. The van der Waals surface area contributed by atoms with Crippen molar-refractivity contribution in [3.8, 4) is 5.75 Å². The average molecular weight is 329 g/mol. The maximum absolute atomic E-state index is 13.8. The number of ether oxygens (including phenoxy) is 1. The number of benzene rings is 1. The van der Waals surface area contributed by atoms with Gasteiger partial charge in [-0.05, 0) is 29.3 Å². The van der Waals surface area contributed by atoms with Gasteiger partial charge in [0.1, 0.15) is 0 Å². The fraction of sp³-hybridized carbons (Fsp3) is 0.333. The van der Waals surface area contributed by atoms with E-state index in [1.165, 1.54) is 13.2 Å². The number of nitrogens with one attached hydrogen (secondary N) is 1. The SMILES string of the molecule is COc1ccc(CN[C@@H]2CC(=O)N(C)[C@H]2c2cccnc2)cc1F. The number of pyridine rings is 1. The number of rotatable bonds is 5. The molecule has 6 heteroatoms. The predicted octanol–water partition coefficient (Wildman–Crippen LogP) is 2.29. The minimum absolute atomic E-state index is 0.0446. The highest BCUT2D eigenvalue weighted by molar-refractivity contribution is 5.80. The molecular formula is C18H20FN3O2. The smallest absolute Gasteiger partial charge is 0.224 e. The molecule has 1 fully saturated rings. The molecule has 2 atom stereocenters. The highest BCUT2D eigenvalue weighted by atomic mass is 19.1. The van der Waals surface area contributed by atoms with Crippen LogP contribution in [0.4, 0.5) is 4.39 Å². The van der Waals surface area contributed by atoms with Gasteiger partial charge in [0.25, 0.3) is 0 Å². The molecule has 5 nitrogen and oxygen atoms in total. The van der Waals surface area contributed by atoms with Crippen LogP contribution in [0.25, 0.3) is 0 Å². The van der Waals surface area contributed by atoms with Crippen molar-refractivity contribution in [2.75, 3.05) is 14.2 Å². The van der Waals surface area contributed by atoms with E-state index in [0.29, 0.717) is 13.0 Å². The number of hydrogen-bond donors (Lipinski definition) is 1. The Balaban J connectivity index is 1.73. The molecule has 1 saturated heterocycles. The van der Waals surface area contributed by atoms with E-state index in [2.05, 4.69) is 10.3 Å².